The lowest BCUT2D eigenvalue weighted by molar-refractivity contribution is 0.480. The van der Waals surface area contributed by atoms with Crippen LogP contribution in [0, 0.1) is 0 Å². The third-order valence-corrected chi connectivity index (χ3v) is 6.03. The maximum absolute atomic E-state index is 11.2. The second-order valence-electron chi connectivity index (χ2n) is 5.61. The molecule has 0 aliphatic carbocycles. The average molecular weight is 461 g/mol. The molecule has 0 bridgehead atoms. The van der Waals surface area contributed by atoms with Gasteiger partial charge in [0.2, 0.25) is 0 Å². The summed E-state index contributed by atoms with van der Waals surface area (Å²) in [6, 6.07) is 11.4. The van der Waals surface area contributed by atoms with E-state index < -0.39 is 20.2 Å². The van der Waals surface area contributed by atoms with Gasteiger partial charge in [0.05, 0.1) is 9.79 Å². The minimum absolute atomic E-state index is 0.183. The molecule has 0 radical (unpaired) electrons. The van der Waals surface area contributed by atoms with Crippen LogP contribution in [-0.2, 0) is 33.3 Å². The molecule has 2 aromatic carbocycles. The summed E-state index contributed by atoms with van der Waals surface area (Å²) in [5.74, 6) is 0. The van der Waals surface area contributed by atoms with E-state index in [0.29, 0.717) is 11.1 Å². The minimum Gasteiger partial charge on any atom is -0.370 e. The van der Waals surface area contributed by atoms with Gasteiger partial charge in [-0.05, 0) is 35.4 Å². The SMILES string of the molecule is O=S(=O)(O)c1cccc(CNC(=S)C(=S)NCc2cccc(S(=O)(=O)O)c2)c1. The summed E-state index contributed by atoms with van der Waals surface area (Å²) in [5.41, 5.74) is 1.14. The van der Waals surface area contributed by atoms with Crippen LogP contribution < -0.4 is 10.6 Å². The van der Waals surface area contributed by atoms with E-state index in [2.05, 4.69) is 10.6 Å². The van der Waals surface area contributed by atoms with E-state index in [1.807, 2.05) is 0 Å². The van der Waals surface area contributed by atoms with Crippen molar-refractivity contribution in [3.63, 3.8) is 0 Å². The number of benzene rings is 2. The van der Waals surface area contributed by atoms with Gasteiger partial charge in [-0.1, -0.05) is 48.7 Å². The van der Waals surface area contributed by atoms with Gasteiger partial charge in [-0.2, -0.15) is 16.8 Å². The van der Waals surface area contributed by atoms with Crippen molar-refractivity contribution in [2.75, 3.05) is 0 Å². The van der Waals surface area contributed by atoms with Crippen molar-refractivity contribution in [3.8, 4) is 0 Å². The van der Waals surface area contributed by atoms with Gasteiger partial charge < -0.3 is 10.6 Å². The lowest BCUT2D eigenvalue weighted by atomic mass is 10.2. The van der Waals surface area contributed by atoms with Gasteiger partial charge in [0, 0.05) is 13.1 Å². The first-order valence-corrected chi connectivity index (χ1v) is 11.4. The molecule has 0 unspecified atom stereocenters. The third kappa shape index (κ3) is 6.58. The summed E-state index contributed by atoms with van der Waals surface area (Å²) in [4.78, 5) is -0.0364. The molecule has 0 spiro atoms. The fraction of sp³-hybridized carbons (Fsp3) is 0.125. The zero-order chi connectivity index (χ0) is 20.9. The number of hydrogen-bond acceptors (Lipinski definition) is 6. The predicted molar refractivity (Wildman–Crippen MR) is 111 cm³/mol. The second-order valence-corrected chi connectivity index (χ2v) is 9.27. The Morgan fingerprint density at radius 1 is 0.750 bits per heavy atom. The Kier molecular flexibility index (Phi) is 7.20. The van der Waals surface area contributed by atoms with Crippen LogP contribution in [0.25, 0.3) is 0 Å². The van der Waals surface area contributed by atoms with Gasteiger partial charge in [0.15, 0.2) is 0 Å². The number of rotatable bonds is 6. The van der Waals surface area contributed by atoms with Crippen molar-refractivity contribution in [2.24, 2.45) is 0 Å². The third-order valence-electron chi connectivity index (χ3n) is 3.50. The van der Waals surface area contributed by atoms with Gasteiger partial charge in [0.25, 0.3) is 20.2 Å². The second kappa shape index (κ2) is 9.03. The zero-order valence-corrected chi connectivity index (χ0v) is 17.5. The van der Waals surface area contributed by atoms with Crippen LogP contribution in [0.15, 0.2) is 58.3 Å². The molecule has 0 saturated heterocycles. The van der Waals surface area contributed by atoms with Crippen LogP contribution in [0.4, 0.5) is 0 Å². The summed E-state index contributed by atoms with van der Waals surface area (Å²) in [6.45, 7) is 0.366. The number of hydrogen-bond donors (Lipinski definition) is 4. The molecule has 2 rings (SSSR count). The van der Waals surface area contributed by atoms with E-state index in [-0.39, 0.29) is 32.9 Å². The molecule has 0 amide bonds. The molecule has 0 aliphatic rings. The first-order chi connectivity index (χ1) is 13.0. The van der Waals surface area contributed by atoms with Crippen molar-refractivity contribution in [1.29, 1.82) is 0 Å². The van der Waals surface area contributed by atoms with Gasteiger partial charge >= 0.3 is 0 Å². The van der Waals surface area contributed by atoms with Crippen molar-refractivity contribution >= 4 is 54.6 Å². The smallest absolute Gasteiger partial charge is 0.294 e. The largest absolute Gasteiger partial charge is 0.370 e. The first kappa shape index (κ1) is 22.3. The Hall–Kier alpha value is -1.96. The van der Waals surface area contributed by atoms with Crippen LogP contribution in [0.5, 0.6) is 0 Å². The van der Waals surface area contributed by atoms with Crippen LogP contribution in [0.1, 0.15) is 11.1 Å². The van der Waals surface area contributed by atoms with Crippen molar-refractivity contribution in [1.82, 2.24) is 10.6 Å². The van der Waals surface area contributed by atoms with E-state index in [9.17, 15) is 16.8 Å². The summed E-state index contributed by atoms with van der Waals surface area (Å²) >= 11 is 10.3. The normalized spacial score (nSPS) is 11.6. The molecule has 0 aliphatic heterocycles. The summed E-state index contributed by atoms with van der Waals surface area (Å²) in [7, 11) is -8.59. The topological polar surface area (TPSA) is 133 Å². The van der Waals surface area contributed by atoms with Crippen molar-refractivity contribution < 1.29 is 25.9 Å². The highest BCUT2D eigenvalue weighted by molar-refractivity contribution is 7.89. The summed E-state index contributed by atoms with van der Waals surface area (Å²) in [5, 5.41) is 5.73. The fourth-order valence-electron chi connectivity index (χ4n) is 2.16. The Balaban J connectivity index is 1.93. The van der Waals surface area contributed by atoms with Crippen LogP contribution in [0.3, 0.4) is 0 Å². The summed E-state index contributed by atoms with van der Waals surface area (Å²) < 4.78 is 62.8. The maximum atomic E-state index is 11.2. The Morgan fingerprint density at radius 2 is 1.11 bits per heavy atom. The molecular formula is C16H16N2O6S4. The van der Waals surface area contributed by atoms with E-state index in [1.165, 1.54) is 36.4 Å². The van der Waals surface area contributed by atoms with E-state index in [4.69, 9.17) is 33.5 Å². The van der Waals surface area contributed by atoms with Gasteiger partial charge in [-0.25, -0.2) is 0 Å². The lowest BCUT2D eigenvalue weighted by Crippen LogP contribution is -2.36. The maximum Gasteiger partial charge on any atom is 0.294 e. The van der Waals surface area contributed by atoms with Crippen LogP contribution in [0.2, 0.25) is 0 Å². The standard InChI is InChI=1S/C16H16N2O6S4/c19-27(20,21)13-5-1-3-11(7-13)9-17-15(25)16(26)18-10-12-4-2-6-14(8-12)28(22,23)24/h1-8H,9-10H2,(H,17,25)(H,18,26)(H,19,20,21)(H,22,23,24). The fourth-order valence-corrected chi connectivity index (χ4v) is 3.55. The Morgan fingerprint density at radius 3 is 1.43 bits per heavy atom. The van der Waals surface area contributed by atoms with E-state index in [1.54, 1.807) is 12.1 Å². The molecule has 8 nitrogen and oxygen atoms in total. The molecule has 0 atom stereocenters. The molecule has 4 N–H and O–H groups in total. The average Bonchev–Trinajstić information content (AvgIpc) is 2.63. The Labute approximate surface area is 173 Å². The van der Waals surface area contributed by atoms with E-state index >= 15 is 0 Å². The highest BCUT2D eigenvalue weighted by Crippen LogP contribution is 2.12. The summed E-state index contributed by atoms with van der Waals surface area (Å²) in [6.07, 6.45) is 0. The molecule has 2 aromatic rings. The molecule has 28 heavy (non-hydrogen) atoms. The van der Waals surface area contributed by atoms with Gasteiger partial charge in [-0.3, -0.25) is 9.11 Å². The highest BCUT2D eigenvalue weighted by Gasteiger charge is 2.12. The number of thiocarbonyl (C=S) groups is 2. The van der Waals surface area contributed by atoms with Gasteiger partial charge in [-0.15, -0.1) is 0 Å². The molecule has 0 heterocycles. The molecule has 0 aromatic heterocycles. The first-order valence-electron chi connectivity index (χ1n) is 7.66. The van der Waals surface area contributed by atoms with Crippen LogP contribution in [-0.4, -0.2) is 35.9 Å². The molecule has 0 fully saturated rings. The lowest BCUT2D eigenvalue weighted by Gasteiger charge is -2.12. The zero-order valence-electron chi connectivity index (χ0n) is 14.2. The number of nitrogens with one attached hydrogen (secondary N) is 2. The predicted octanol–water partition coefficient (Wildman–Crippen LogP) is 1.71. The van der Waals surface area contributed by atoms with Crippen molar-refractivity contribution in [3.05, 3.63) is 59.7 Å². The van der Waals surface area contributed by atoms with Crippen LogP contribution >= 0.6 is 24.4 Å². The molecule has 0 saturated carbocycles. The molecular weight excluding hydrogens is 444 g/mol. The molecule has 12 heteroatoms. The van der Waals surface area contributed by atoms with Gasteiger partial charge in [0.1, 0.15) is 9.98 Å². The minimum atomic E-state index is -4.29. The monoisotopic (exact) mass is 460 g/mol. The quantitative estimate of drug-likeness (QED) is 0.373. The Bertz CT molecular complexity index is 1020. The van der Waals surface area contributed by atoms with Crippen molar-refractivity contribution in [2.45, 2.75) is 22.9 Å². The molecule has 150 valence electrons. The van der Waals surface area contributed by atoms with E-state index in [0.717, 1.165) is 0 Å². The highest BCUT2D eigenvalue weighted by atomic mass is 32.2.